The standard InChI is InChI=1S/C32H46N4O4/c1-23(37)29(25-11-9-13-27(21-25)35-17-5-3-6-18-35)31(39)33-15-16-34-32(40)30(24(2)38)26-12-10-14-28(22-26)36-19-7-4-8-20-36/h11-12,21-22,29-30H,3-10,13-20H2,1-2H3,(H,33,39)(H,34,40). The minimum absolute atomic E-state index is 0.183. The summed E-state index contributed by atoms with van der Waals surface area (Å²) in [6.07, 6.45) is 18.8. The molecule has 2 amide bonds. The Balaban J connectivity index is 1.31. The molecule has 2 N–H and O–H groups in total. The first-order valence-corrected chi connectivity index (χ1v) is 15.2. The molecular formula is C32H46N4O4. The maximum atomic E-state index is 13.1. The number of carbonyl (C=O) groups is 4. The Kier molecular flexibility index (Phi) is 10.8. The van der Waals surface area contributed by atoms with Gasteiger partial charge in [0.15, 0.2) is 0 Å². The van der Waals surface area contributed by atoms with Crippen LogP contribution in [-0.2, 0) is 19.2 Å². The lowest BCUT2D eigenvalue weighted by molar-refractivity contribution is -0.133. The molecule has 2 heterocycles. The van der Waals surface area contributed by atoms with Crippen molar-refractivity contribution in [1.29, 1.82) is 0 Å². The van der Waals surface area contributed by atoms with E-state index in [9.17, 15) is 19.2 Å². The molecule has 218 valence electrons. The topological polar surface area (TPSA) is 98.8 Å². The number of nitrogens with one attached hydrogen (secondary N) is 2. The summed E-state index contributed by atoms with van der Waals surface area (Å²) in [4.78, 5) is 56.0. The van der Waals surface area contributed by atoms with Crippen molar-refractivity contribution in [1.82, 2.24) is 20.4 Å². The minimum Gasteiger partial charge on any atom is -0.375 e. The maximum absolute atomic E-state index is 13.1. The highest BCUT2D eigenvalue weighted by Gasteiger charge is 2.30. The lowest BCUT2D eigenvalue weighted by Crippen LogP contribution is -2.42. The molecule has 8 nitrogen and oxygen atoms in total. The van der Waals surface area contributed by atoms with Crippen molar-refractivity contribution in [3.05, 3.63) is 46.8 Å². The number of ketones is 2. The molecule has 0 aromatic rings. The third-order valence-electron chi connectivity index (χ3n) is 8.48. The average Bonchev–Trinajstić information content (AvgIpc) is 2.96. The van der Waals surface area contributed by atoms with Gasteiger partial charge in [0.25, 0.3) is 0 Å². The van der Waals surface area contributed by atoms with Crippen LogP contribution in [-0.4, -0.2) is 72.4 Å². The van der Waals surface area contributed by atoms with Crippen molar-refractivity contribution in [2.24, 2.45) is 11.8 Å². The summed E-state index contributed by atoms with van der Waals surface area (Å²) in [6, 6.07) is 0. The van der Waals surface area contributed by atoms with Crippen molar-refractivity contribution >= 4 is 23.4 Å². The number of rotatable bonds is 11. The van der Waals surface area contributed by atoms with E-state index < -0.39 is 11.8 Å². The highest BCUT2D eigenvalue weighted by atomic mass is 16.2. The predicted octanol–water partition coefficient (Wildman–Crippen LogP) is 3.81. The highest BCUT2D eigenvalue weighted by molar-refractivity contribution is 6.04. The zero-order chi connectivity index (χ0) is 28.5. The van der Waals surface area contributed by atoms with Gasteiger partial charge >= 0.3 is 0 Å². The summed E-state index contributed by atoms with van der Waals surface area (Å²) in [6.45, 7) is 7.40. The van der Waals surface area contributed by atoms with Crippen LogP contribution in [0.5, 0.6) is 0 Å². The van der Waals surface area contributed by atoms with Gasteiger partial charge in [-0.3, -0.25) is 19.2 Å². The number of carbonyl (C=O) groups excluding carboxylic acids is 4. The SMILES string of the molecule is CC(=O)C(C(=O)NCCNC(=O)C(C(C)=O)C1=CCCC(N2CCCCC2)=C1)C1=CCCC(N2CCCCC2)=C1. The Bertz CT molecular complexity index is 1000. The largest absolute Gasteiger partial charge is 0.375 e. The highest BCUT2D eigenvalue weighted by Crippen LogP contribution is 2.29. The van der Waals surface area contributed by atoms with Gasteiger partial charge in [0.2, 0.25) is 11.8 Å². The van der Waals surface area contributed by atoms with Gasteiger partial charge in [0.05, 0.1) is 0 Å². The quantitative estimate of drug-likeness (QED) is 0.300. The zero-order valence-electron chi connectivity index (χ0n) is 24.3. The second-order valence-corrected chi connectivity index (χ2v) is 11.5. The molecule has 0 bridgehead atoms. The van der Waals surface area contributed by atoms with Crippen molar-refractivity contribution < 1.29 is 19.2 Å². The molecule has 2 saturated heterocycles. The Morgan fingerprint density at radius 1 is 0.650 bits per heavy atom. The molecule has 2 aliphatic carbocycles. The summed E-state index contributed by atoms with van der Waals surface area (Å²) < 4.78 is 0. The fourth-order valence-electron chi connectivity index (χ4n) is 6.40. The molecule has 2 fully saturated rings. The average molecular weight is 551 g/mol. The molecule has 0 aromatic heterocycles. The third kappa shape index (κ3) is 7.73. The number of allylic oxidation sites excluding steroid dienone is 6. The molecule has 0 aromatic carbocycles. The minimum atomic E-state index is -0.855. The molecule has 8 heteroatoms. The van der Waals surface area contributed by atoms with Gasteiger partial charge in [-0.2, -0.15) is 0 Å². The molecule has 0 spiro atoms. The second kappa shape index (κ2) is 14.5. The van der Waals surface area contributed by atoms with Crippen LogP contribution in [0.25, 0.3) is 0 Å². The van der Waals surface area contributed by atoms with Gasteiger partial charge in [-0.15, -0.1) is 0 Å². The van der Waals surface area contributed by atoms with Gasteiger partial charge in [-0.1, -0.05) is 12.2 Å². The normalized spacial score (nSPS) is 21.2. The fourth-order valence-corrected chi connectivity index (χ4v) is 6.40. The Hall–Kier alpha value is -3.16. The van der Waals surface area contributed by atoms with Crippen LogP contribution in [0.2, 0.25) is 0 Å². The number of hydrogen-bond donors (Lipinski definition) is 2. The summed E-state index contributed by atoms with van der Waals surface area (Å²) in [5.74, 6) is -2.80. The van der Waals surface area contributed by atoms with E-state index in [-0.39, 0.29) is 36.5 Å². The van der Waals surface area contributed by atoms with Crippen molar-refractivity contribution in [2.75, 3.05) is 39.3 Å². The smallest absolute Gasteiger partial charge is 0.235 e. The molecule has 4 rings (SSSR count). The summed E-state index contributed by atoms with van der Waals surface area (Å²) in [5, 5.41) is 5.67. The van der Waals surface area contributed by atoms with Gasteiger partial charge in [-0.05, 0) is 101 Å². The maximum Gasteiger partial charge on any atom is 0.235 e. The number of likely N-dealkylation sites (tertiary alicyclic amines) is 2. The van der Waals surface area contributed by atoms with Crippen molar-refractivity contribution in [3.63, 3.8) is 0 Å². The molecule has 40 heavy (non-hydrogen) atoms. The van der Waals surface area contributed by atoms with Crippen LogP contribution in [0, 0.1) is 11.8 Å². The van der Waals surface area contributed by atoms with Gasteiger partial charge < -0.3 is 20.4 Å². The van der Waals surface area contributed by atoms with Crippen molar-refractivity contribution in [2.45, 2.75) is 78.1 Å². The first-order chi connectivity index (χ1) is 19.3. The molecule has 4 aliphatic rings. The number of hydrogen-bond acceptors (Lipinski definition) is 6. The summed E-state index contributed by atoms with van der Waals surface area (Å²) >= 11 is 0. The van der Waals surface area contributed by atoms with E-state index in [1.165, 1.54) is 63.8 Å². The van der Waals surface area contributed by atoms with Crippen LogP contribution < -0.4 is 10.6 Å². The van der Waals surface area contributed by atoms with E-state index in [0.29, 0.717) is 0 Å². The van der Waals surface area contributed by atoms with Gasteiger partial charge in [-0.25, -0.2) is 0 Å². The van der Waals surface area contributed by atoms with E-state index in [1.807, 2.05) is 24.3 Å². The molecule has 0 radical (unpaired) electrons. The van der Waals surface area contributed by atoms with E-state index >= 15 is 0 Å². The number of nitrogens with zero attached hydrogens (tertiary/aromatic N) is 2. The summed E-state index contributed by atoms with van der Waals surface area (Å²) in [7, 11) is 0. The van der Waals surface area contributed by atoms with E-state index in [1.54, 1.807) is 0 Å². The zero-order valence-corrected chi connectivity index (χ0v) is 24.3. The number of piperidine rings is 2. The van der Waals surface area contributed by atoms with E-state index in [4.69, 9.17) is 0 Å². The molecule has 2 unspecified atom stereocenters. The third-order valence-corrected chi connectivity index (χ3v) is 8.48. The van der Waals surface area contributed by atoms with Crippen molar-refractivity contribution in [3.8, 4) is 0 Å². The molecule has 2 aliphatic heterocycles. The van der Waals surface area contributed by atoms with E-state index in [2.05, 4.69) is 20.4 Å². The van der Waals surface area contributed by atoms with Crippen LogP contribution in [0.4, 0.5) is 0 Å². The Labute approximate surface area is 239 Å². The van der Waals surface area contributed by atoms with E-state index in [0.717, 1.165) is 63.0 Å². The van der Waals surface area contributed by atoms with Crippen LogP contribution in [0.15, 0.2) is 46.8 Å². The van der Waals surface area contributed by atoms with Crippen LogP contribution in [0.1, 0.15) is 78.1 Å². The first-order valence-electron chi connectivity index (χ1n) is 15.2. The Morgan fingerprint density at radius 3 is 1.38 bits per heavy atom. The summed E-state index contributed by atoms with van der Waals surface area (Å²) in [5.41, 5.74) is 3.96. The van der Waals surface area contributed by atoms with Crippen LogP contribution >= 0.6 is 0 Å². The van der Waals surface area contributed by atoms with Gasteiger partial charge in [0.1, 0.15) is 23.4 Å². The fraction of sp³-hybridized carbons (Fsp3) is 0.625. The number of amides is 2. The predicted molar refractivity (Wildman–Crippen MR) is 156 cm³/mol. The lowest BCUT2D eigenvalue weighted by Gasteiger charge is -2.33. The Morgan fingerprint density at radius 2 is 1.02 bits per heavy atom. The second-order valence-electron chi connectivity index (χ2n) is 11.5. The van der Waals surface area contributed by atoms with Gasteiger partial charge in [0, 0.05) is 50.7 Å². The lowest BCUT2D eigenvalue weighted by atomic mass is 9.88. The molecular weight excluding hydrogens is 504 g/mol. The van der Waals surface area contributed by atoms with Crippen LogP contribution in [0.3, 0.4) is 0 Å². The monoisotopic (exact) mass is 550 g/mol. The molecule has 0 saturated carbocycles. The first kappa shape index (κ1) is 29.8. The number of Topliss-reactive ketones (excluding diaryl/α,β-unsaturated/α-hetero) is 2. The molecule has 2 atom stereocenters.